The number of carbonyl (C=O) groups is 2. The summed E-state index contributed by atoms with van der Waals surface area (Å²) in [7, 11) is 1.58. The summed E-state index contributed by atoms with van der Waals surface area (Å²) < 4.78 is 11.5. The Morgan fingerprint density at radius 1 is 0.973 bits per heavy atom. The van der Waals surface area contributed by atoms with Gasteiger partial charge in [0.15, 0.2) is 11.5 Å². The van der Waals surface area contributed by atoms with Crippen molar-refractivity contribution in [2.75, 3.05) is 13.7 Å². The number of imide groups is 1. The molecule has 37 heavy (non-hydrogen) atoms. The first-order valence-electron chi connectivity index (χ1n) is 13.0. The second-order valence-corrected chi connectivity index (χ2v) is 9.26. The first-order valence-corrected chi connectivity index (χ1v) is 13.0. The number of nitrogens with zero attached hydrogens (tertiary/aromatic N) is 2. The lowest BCUT2D eigenvalue weighted by atomic mass is 9.91. The molecule has 0 aromatic heterocycles. The summed E-state index contributed by atoms with van der Waals surface area (Å²) in [4.78, 5) is 27.8. The summed E-state index contributed by atoms with van der Waals surface area (Å²) in [6, 6.07) is 16.3. The van der Waals surface area contributed by atoms with Crippen LogP contribution in [0, 0.1) is 11.3 Å². The van der Waals surface area contributed by atoms with Gasteiger partial charge in [-0.2, -0.15) is 5.26 Å². The predicted octanol–water partition coefficient (Wildman–Crippen LogP) is 6.79. The number of benzene rings is 2. The highest BCUT2D eigenvalue weighted by atomic mass is 16.5. The Kier molecular flexibility index (Phi) is 10.1. The monoisotopic (exact) mass is 500 g/mol. The maximum Gasteiger partial charge on any atom is 0.272 e. The van der Waals surface area contributed by atoms with Crippen molar-refractivity contribution in [2.24, 2.45) is 0 Å². The number of hydrogen-bond donors (Lipinski definition) is 0. The lowest BCUT2D eigenvalue weighted by Crippen LogP contribution is -2.44. The number of carbonyl (C=O) groups excluding carboxylic acids is 2. The number of methoxy groups -OCH3 is 1. The molecule has 2 aromatic carbocycles. The van der Waals surface area contributed by atoms with E-state index in [4.69, 9.17) is 9.47 Å². The molecule has 1 heterocycles. The first kappa shape index (κ1) is 27.7. The van der Waals surface area contributed by atoms with Gasteiger partial charge in [-0.05, 0) is 55.2 Å². The van der Waals surface area contributed by atoms with Crippen LogP contribution in [-0.2, 0) is 9.59 Å². The van der Waals surface area contributed by atoms with Crippen molar-refractivity contribution in [2.45, 2.75) is 65.3 Å². The molecule has 6 heteroatoms. The quantitative estimate of drug-likeness (QED) is 0.182. The lowest BCUT2D eigenvalue weighted by Gasteiger charge is -2.32. The van der Waals surface area contributed by atoms with E-state index >= 15 is 0 Å². The molecule has 3 rings (SSSR count). The average Bonchev–Trinajstić information content (AvgIpc) is 2.91. The van der Waals surface area contributed by atoms with Crippen LogP contribution in [0.15, 0.2) is 65.3 Å². The van der Waals surface area contributed by atoms with Gasteiger partial charge in [0, 0.05) is 5.57 Å². The second kappa shape index (κ2) is 13.5. The number of rotatable bonds is 12. The van der Waals surface area contributed by atoms with E-state index < -0.39 is 17.9 Å². The maximum atomic E-state index is 13.6. The summed E-state index contributed by atoms with van der Waals surface area (Å²) in [5.74, 6) is 0.207. The van der Waals surface area contributed by atoms with Crippen molar-refractivity contribution >= 4 is 17.9 Å². The molecule has 0 aliphatic carbocycles. The molecule has 2 amide bonds. The molecule has 1 unspecified atom stereocenters. The molecule has 2 aromatic rings. The van der Waals surface area contributed by atoms with Gasteiger partial charge < -0.3 is 9.47 Å². The van der Waals surface area contributed by atoms with Crippen molar-refractivity contribution < 1.29 is 19.1 Å². The highest BCUT2D eigenvalue weighted by Gasteiger charge is 2.38. The topological polar surface area (TPSA) is 79.6 Å². The highest BCUT2D eigenvalue weighted by Crippen LogP contribution is 2.34. The van der Waals surface area contributed by atoms with Crippen LogP contribution in [0.25, 0.3) is 6.08 Å². The SMILES string of the molecule is CCCCCCCCOc1ccc(/C=C2/C(=O)N(C(C)c3ccccc3)C(=O)C(C#N)=C2C)cc1OC. The molecule has 0 N–H and O–H groups in total. The summed E-state index contributed by atoms with van der Waals surface area (Å²) in [6.07, 6.45) is 8.80. The molecule has 194 valence electrons. The Morgan fingerprint density at radius 3 is 2.35 bits per heavy atom. The van der Waals surface area contributed by atoms with Crippen molar-refractivity contribution in [3.63, 3.8) is 0 Å². The zero-order chi connectivity index (χ0) is 26.8. The van der Waals surface area contributed by atoms with Crippen molar-refractivity contribution in [3.05, 3.63) is 76.4 Å². The van der Waals surface area contributed by atoms with Gasteiger partial charge in [0.25, 0.3) is 11.8 Å². The third-order valence-corrected chi connectivity index (χ3v) is 6.70. The summed E-state index contributed by atoms with van der Waals surface area (Å²) in [6.45, 7) is 6.25. The van der Waals surface area contributed by atoms with Gasteiger partial charge in [0.2, 0.25) is 0 Å². The number of ether oxygens (including phenoxy) is 2. The van der Waals surface area contributed by atoms with E-state index in [0.29, 0.717) is 34.8 Å². The number of unbranched alkanes of at least 4 members (excludes halogenated alkanes) is 5. The molecule has 0 spiro atoms. The third-order valence-electron chi connectivity index (χ3n) is 6.70. The zero-order valence-corrected chi connectivity index (χ0v) is 22.3. The lowest BCUT2D eigenvalue weighted by molar-refractivity contribution is -0.143. The van der Waals surface area contributed by atoms with Crippen LogP contribution in [0.3, 0.4) is 0 Å². The summed E-state index contributed by atoms with van der Waals surface area (Å²) >= 11 is 0. The number of nitriles is 1. The molecule has 6 nitrogen and oxygen atoms in total. The van der Waals surface area contributed by atoms with Crippen LogP contribution >= 0.6 is 0 Å². The van der Waals surface area contributed by atoms with Gasteiger partial charge in [0.05, 0.1) is 19.8 Å². The van der Waals surface area contributed by atoms with Crippen molar-refractivity contribution in [3.8, 4) is 17.6 Å². The van der Waals surface area contributed by atoms with Gasteiger partial charge >= 0.3 is 0 Å². The normalized spacial score (nSPS) is 15.6. The fraction of sp³-hybridized carbons (Fsp3) is 0.387. The van der Waals surface area contributed by atoms with Crippen LogP contribution in [0.5, 0.6) is 11.5 Å². The van der Waals surface area contributed by atoms with Gasteiger partial charge in [-0.25, -0.2) is 0 Å². The minimum absolute atomic E-state index is 0.0283. The summed E-state index contributed by atoms with van der Waals surface area (Å²) in [5.41, 5.74) is 2.18. The van der Waals surface area contributed by atoms with Crippen LogP contribution in [0.4, 0.5) is 0 Å². The number of hydrogen-bond acceptors (Lipinski definition) is 5. The Morgan fingerprint density at radius 2 is 1.68 bits per heavy atom. The van der Waals surface area contributed by atoms with Crippen LogP contribution in [0.1, 0.15) is 76.5 Å². The Hall–Kier alpha value is -3.85. The Labute approximate surface area is 220 Å². The molecule has 0 saturated carbocycles. The summed E-state index contributed by atoms with van der Waals surface area (Å²) in [5, 5.41) is 9.72. The maximum absolute atomic E-state index is 13.6. The molecule has 0 fully saturated rings. The third kappa shape index (κ3) is 6.68. The Bertz CT molecular complexity index is 1210. The predicted molar refractivity (Wildman–Crippen MR) is 145 cm³/mol. The zero-order valence-electron chi connectivity index (χ0n) is 22.3. The molecule has 1 aliphatic rings. The second-order valence-electron chi connectivity index (χ2n) is 9.26. The molecule has 0 bridgehead atoms. The van der Waals surface area contributed by atoms with Crippen LogP contribution in [0.2, 0.25) is 0 Å². The molecular formula is C31H36N2O4. The van der Waals surface area contributed by atoms with E-state index in [1.165, 1.54) is 30.6 Å². The van der Waals surface area contributed by atoms with Crippen LogP contribution in [-0.4, -0.2) is 30.4 Å². The van der Waals surface area contributed by atoms with E-state index in [1.807, 2.05) is 48.5 Å². The van der Waals surface area contributed by atoms with E-state index in [1.54, 1.807) is 33.1 Å². The number of amides is 2. The van der Waals surface area contributed by atoms with Crippen molar-refractivity contribution in [1.29, 1.82) is 5.26 Å². The fourth-order valence-corrected chi connectivity index (χ4v) is 4.46. The largest absolute Gasteiger partial charge is 0.493 e. The molecule has 0 radical (unpaired) electrons. The van der Waals surface area contributed by atoms with Crippen LogP contribution < -0.4 is 9.47 Å². The van der Waals surface area contributed by atoms with Gasteiger partial charge in [-0.3, -0.25) is 14.5 Å². The molecular weight excluding hydrogens is 464 g/mol. The molecule has 1 aliphatic heterocycles. The van der Waals surface area contributed by atoms with E-state index in [2.05, 4.69) is 6.92 Å². The molecule has 0 saturated heterocycles. The highest BCUT2D eigenvalue weighted by molar-refractivity contribution is 6.20. The standard InChI is InChI=1S/C31H36N2O4/c1-5-6-7-8-9-13-18-37-28-17-16-24(20-29(28)36-4)19-26-22(2)27(21-32)31(35)33(30(26)34)23(3)25-14-11-10-12-15-25/h10-12,14-17,19-20,23H,5-9,13,18H2,1-4H3/b26-19+. The minimum atomic E-state index is -0.575. The van der Waals surface area contributed by atoms with E-state index in [9.17, 15) is 14.9 Å². The first-order chi connectivity index (χ1) is 17.9. The van der Waals surface area contributed by atoms with E-state index in [-0.39, 0.29) is 5.57 Å². The van der Waals surface area contributed by atoms with Crippen molar-refractivity contribution in [1.82, 2.24) is 4.90 Å². The van der Waals surface area contributed by atoms with Gasteiger partial charge in [-0.1, -0.05) is 75.4 Å². The molecule has 1 atom stereocenters. The average molecular weight is 501 g/mol. The minimum Gasteiger partial charge on any atom is -0.493 e. The van der Waals surface area contributed by atoms with E-state index in [0.717, 1.165) is 18.4 Å². The van der Waals surface area contributed by atoms with Gasteiger partial charge in [-0.15, -0.1) is 0 Å². The Balaban J connectivity index is 1.84. The smallest absolute Gasteiger partial charge is 0.272 e. The fourth-order valence-electron chi connectivity index (χ4n) is 4.46. The van der Waals surface area contributed by atoms with Gasteiger partial charge in [0.1, 0.15) is 11.6 Å².